The lowest BCUT2D eigenvalue weighted by atomic mass is 10.1. The maximum absolute atomic E-state index is 13.7. The summed E-state index contributed by atoms with van der Waals surface area (Å²) < 4.78 is 47.7. The average molecular weight is 450 g/mol. The van der Waals surface area contributed by atoms with E-state index in [1.807, 2.05) is 39.0 Å². The van der Waals surface area contributed by atoms with E-state index in [9.17, 15) is 18.0 Å². The number of aromatic nitrogens is 3. The third-order valence-electron chi connectivity index (χ3n) is 4.45. The Bertz CT molecular complexity index is 1100. The average Bonchev–Trinajstić information content (AvgIpc) is 3.15. The third-order valence-corrected chi connectivity index (χ3v) is 5.42. The van der Waals surface area contributed by atoms with Crippen molar-refractivity contribution in [1.29, 1.82) is 0 Å². The van der Waals surface area contributed by atoms with E-state index < -0.39 is 29.0 Å². The molecule has 3 rings (SSSR count). The van der Waals surface area contributed by atoms with Gasteiger partial charge in [-0.05, 0) is 50.1 Å². The van der Waals surface area contributed by atoms with Crippen LogP contribution in [-0.2, 0) is 17.9 Å². The Labute approximate surface area is 181 Å². The highest BCUT2D eigenvalue weighted by Crippen LogP contribution is 2.23. The zero-order valence-corrected chi connectivity index (χ0v) is 18.0. The van der Waals surface area contributed by atoms with E-state index in [2.05, 4.69) is 15.5 Å². The second-order valence-electron chi connectivity index (χ2n) is 6.76. The van der Waals surface area contributed by atoms with Crippen molar-refractivity contribution in [3.8, 4) is 5.75 Å². The maximum atomic E-state index is 13.7. The molecule has 0 saturated heterocycles. The first kappa shape index (κ1) is 22.7. The van der Waals surface area contributed by atoms with Crippen molar-refractivity contribution in [1.82, 2.24) is 14.8 Å². The number of carbonyl (C=O) groups excluding carboxylic acids is 1. The minimum absolute atomic E-state index is 0.117. The Balaban J connectivity index is 1.62. The number of hydrogen-bond donors (Lipinski definition) is 1. The first-order valence-electron chi connectivity index (χ1n) is 9.48. The predicted molar refractivity (Wildman–Crippen MR) is 112 cm³/mol. The maximum Gasteiger partial charge on any atom is 0.234 e. The van der Waals surface area contributed by atoms with E-state index in [-0.39, 0.29) is 12.4 Å². The fraction of sp³-hybridized carbons (Fsp3) is 0.286. The van der Waals surface area contributed by atoms with Crippen LogP contribution < -0.4 is 10.1 Å². The van der Waals surface area contributed by atoms with Crippen molar-refractivity contribution in [2.24, 2.45) is 0 Å². The van der Waals surface area contributed by atoms with Crippen molar-refractivity contribution in [3.05, 3.63) is 64.7 Å². The van der Waals surface area contributed by atoms with Crippen molar-refractivity contribution in [2.45, 2.75) is 39.1 Å². The highest BCUT2D eigenvalue weighted by molar-refractivity contribution is 7.99. The van der Waals surface area contributed by atoms with E-state index in [1.165, 1.54) is 0 Å². The van der Waals surface area contributed by atoms with Crippen LogP contribution in [0.25, 0.3) is 0 Å². The summed E-state index contributed by atoms with van der Waals surface area (Å²) in [4.78, 5) is 12.1. The van der Waals surface area contributed by atoms with Crippen molar-refractivity contribution in [2.75, 3.05) is 11.1 Å². The van der Waals surface area contributed by atoms with E-state index in [1.54, 1.807) is 4.57 Å². The van der Waals surface area contributed by atoms with Gasteiger partial charge in [0.1, 0.15) is 12.4 Å². The summed E-state index contributed by atoms with van der Waals surface area (Å²) in [6.45, 7) is 6.60. The van der Waals surface area contributed by atoms with Crippen LogP contribution in [0.15, 0.2) is 35.5 Å². The smallest absolute Gasteiger partial charge is 0.234 e. The number of hydrogen-bond acceptors (Lipinski definition) is 5. The van der Waals surface area contributed by atoms with E-state index in [0.717, 1.165) is 40.8 Å². The van der Waals surface area contributed by atoms with Gasteiger partial charge in [0.25, 0.3) is 0 Å². The second kappa shape index (κ2) is 9.86. The summed E-state index contributed by atoms with van der Waals surface area (Å²) in [6, 6.07) is 7.64. The Kier molecular flexibility index (Phi) is 7.21. The van der Waals surface area contributed by atoms with Crippen LogP contribution in [0.1, 0.15) is 23.9 Å². The molecule has 0 saturated carbocycles. The van der Waals surface area contributed by atoms with E-state index in [4.69, 9.17) is 4.74 Å². The lowest BCUT2D eigenvalue weighted by Gasteiger charge is -2.11. The zero-order chi connectivity index (χ0) is 22.5. The molecule has 6 nitrogen and oxygen atoms in total. The summed E-state index contributed by atoms with van der Waals surface area (Å²) >= 11 is 1.09. The summed E-state index contributed by atoms with van der Waals surface area (Å²) in [6.07, 6.45) is 0. The molecule has 0 fully saturated rings. The Morgan fingerprint density at radius 1 is 1.13 bits per heavy atom. The van der Waals surface area contributed by atoms with Crippen LogP contribution in [0.3, 0.4) is 0 Å². The number of nitrogens with zero attached hydrogens (tertiary/aromatic N) is 3. The van der Waals surface area contributed by atoms with Gasteiger partial charge in [0, 0.05) is 6.54 Å². The van der Waals surface area contributed by atoms with Gasteiger partial charge in [-0.2, -0.15) is 0 Å². The van der Waals surface area contributed by atoms with Gasteiger partial charge in [0.2, 0.25) is 5.91 Å². The molecule has 0 bridgehead atoms. The molecule has 1 amide bonds. The van der Waals surface area contributed by atoms with Crippen LogP contribution in [0.4, 0.5) is 18.9 Å². The molecule has 2 aromatic carbocycles. The SMILES string of the molecule is CCn1c(COc2cc(C)ccc2C)nnc1SCC(=O)Nc1ccc(F)c(F)c1F. The molecule has 1 aromatic heterocycles. The molecule has 3 aromatic rings. The molecule has 0 atom stereocenters. The van der Waals surface area contributed by atoms with Crippen LogP contribution in [0.5, 0.6) is 5.75 Å². The fourth-order valence-electron chi connectivity index (χ4n) is 2.79. The summed E-state index contributed by atoms with van der Waals surface area (Å²) in [7, 11) is 0. The van der Waals surface area contributed by atoms with Gasteiger partial charge in [0.15, 0.2) is 28.4 Å². The molecule has 164 valence electrons. The minimum atomic E-state index is -1.63. The molecule has 1 heterocycles. The van der Waals surface area contributed by atoms with Gasteiger partial charge in [-0.1, -0.05) is 23.9 Å². The number of nitrogens with one attached hydrogen (secondary N) is 1. The molecule has 0 spiro atoms. The van der Waals surface area contributed by atoms with Gasteiger partial charge < -0.3 is 14.6 Å². The molecule has 1 N–H and O–H groups in total. The number of thioether (sulfide) groups is 1. The number of anilines is 1. The quantitative estimate of drug-likeness (QED) is 0.400. The highest BCUT2D eigenvalue weighted by Gasteiger charge is 2.17. The molecule has 0 aliphatic heterocycles. The lowest BCUT2D eigenvalue weighted by Crippen LogP contribution is -2.16. The number of halogens is 3. The monoisotopic (exact) mass is 450 g/mol. The Hall–Kier alpha value is -3.01. The van der Waals surface area contributed by atoms with Crippen LogP contribution in [0.2, 0.25) is 0 Å². The lowest BCUT2D eigenvalue weighted by molar-refractivity contribution is -0.113. The Morgan fingerprint density at radius 2 is 1.90 bits per heavy atom. The second-order valence-corrected chi connectivity index (χ2v) is 7.70. The van der Waals surface area contributed by atoms with Crippen molar-refractivity contribution < 1.29 is 22.7 Å². The van der Waals surface area contributed by atoms with Gasteiger partial charge in [-0.25, -0.2) is 13.2 Å². The number of carbonyl (C=O) groups is 1. The normalized spacial score (nSPS) is 10.9. The summed E-state index contributed by atoms with van der Waals surface area (Å²) in [5.74, 6) is -3.75. The molecule has 0 radical (unpaired) electrons. The fourth-order valence-corrected chi connectivity index (χ4v) is 3.62. The molecular weight excluding hydrogens is 429 g/mol. The van der Waals surface area contributed by atoms with Gasteiger partial charge >= 0.3 is 0 Å². The summed E-state index contributed by atoms with van der Waals surface area (Å²) in [5, 5.41) is 10.9. The molecule has 0 unspecified atom stereocenters. The van der Waals surface area contributed by atoms with Crippen LogP contribution in [0, 0.1) is 31.3 Å². The molecule has 31 heavy (non-hydrogen) atoms. The molecule has 0 aliphatic rings. The third kappa shape index (κ3) is 5.38. The van der Waals surface area contributed by atoms with Gasteiger partial charge in [-0.3, -0.25) is 4.79 Å². The number of ether oxygens (including phenoxy) is 1. The number of aryl methyl sites for hydroxylation is 2. The Morgan fingerprint density at radius 3 is 2.65 bits per heavy atom. The standard InChI is InChI=1S/C21H21F3N4O2S/c1-4-28-17(10-30-16-9-12(2)5-6-13(16)3)26-27-21(28)31-11-18(29)25-15-8-7-14(22)19(23)20(15)24/h5-9H,4,10-11H2,1-3H3,(H,25,29). The number of rotatable bonds is 8. The topological polar surface area (TPSA) is 69.0 Å². The van der Waals surface area contributed by atoms with Crippen LogP contribution in [-0.4, -0.2) is 26.4 Å². The number of benzene rings is 2. The summed E-state index contributed by atoms with van der Waals surface area (Å²) in [5.41, 5.74) is 1.66. The number of amides is 1. The molecule has 10 heteroatoms. The van der Waals surface area contributed by atoms with Crippen molar-refractivity contribution in [3.63, 3.8) is 0 Å². The largest absolute Gasteiger partial charge is 0.485 e. The zero-order valence-electron chi connectivity index (χ0n) is 17.2. The van der Waals surface area contributed by atoms with Gasteiger partial charge in [-0.15, -0.1) is 10.2 Å². The molecular formula is C21H21F3N4O2S. The predicted octanol–water partition coefficient (Wildman–Crippen LogP) is 4.64. The van der Waals surface area contributed by atoms with E-state index in [0.29, 0.717) is 17.5 Å². The minimum Gasteiger partial charge on any atom is -0.485 e. The van der Waals surface area contributed by atoms with Crippen LogP contribution >= 0.6 is 11.8 Å². The first-order valence-corrected chi connectivity index (χ1v) is 10.5. The van der Waals surface area contributed by atoms with Gasteiger partial charge in [0.05, 0.1) is 11.4 Å². The molecule has 0 aliphatic carbocycles. The van der Waals surface area contributed by atoms with E-state index >= 15 is 0 Å². The highest BCUT2D eigenvalue weighted by atomic mass is 32.2. The van der Waals surface area contributed by atoms with Crippen molar-refractivity contribution >= 4 is 23.4 Å². The first-order chi connectivity index (χ1) is 14.8.